The Morgan fingerprint density at radius 2 is 1.30 bits per heavy atom. The number of halogens is 6. The summed E-state index contributed by atoms with van der Waals surface area (Å²) in [6, 6.07) is 8.65. The van der Waals surface area contributed by atoms with Crippen LogP contribution in [0, 0.1) is 0 Å². The summed E-state index contributed by atoms with van der Waals surface area (Å²) in [4.78, 5) is 0. The predicted octanol–water partition coefficient (Wildman–Crippen LogP) is 5.88. The Morgan fingerprint density at radius 1 is 0.739 bits per heavy atom. The molecule has 0 saturated heterocycles. The van der Waals surface area contributed by atoms with Gasteiger partial charge >= 0.3 is 12.4 Å². The highest BCUT2D eigenvalue weighted by Crippen LogP contribution is 2.41. The van der Waals surface area contributed by atoms with Gasteiger partial charge in [-0.1, -0.05) is 36.4 Å². The van der Waals surface area contributed by atoms with Crippen molar-refractivity contribution in [3.8, 4) is 0 Å². The van der Waals surface area contributed by atoms with E-state index in [1.807, 2.05) is 0 Å². The number of allylic oxidation sites excluding steroid dienone is 1. The number of hydrogen-bond donors (Lipinski definition) is 0. The molecule has 0 aromatic heterocycles. The molecule has 0 heterocycles. The largest absolute Gasteiger partial charge is 0.416 e. The summed E-state index contributed by atoms with van der Waals surface area (Å²) < 4.78 is 77.6. The summed E-state index contributed by atoms with van der Waals surface area (Å²) >= 11 is 0. The number of alkyl halides is 6. The second kappa shape index (κ2) is 5.15. The lowest BCUT2D eigenvalue weighted by atomic mass is 9.90. The van der Waals surface area contributed by atoms with Gasteiger partial charge in [0.2, 0.25) is 0 Å². The first-order chi connectivity index (χ1) is 10.7. The normalized spacial score (nSPS) is 17.4. The molecule has 0 saturated carbocycles. The quantitative estimate of drug-likeness (QED) is 0.573. The van der Waals surface area contributed by atoms with Gasteiger partial charge in [-0.25, -0.2) is 0 Å². The van der Waals surface area contributed by atoms with Crippen LogP contribution >= 0.6 is 0 Å². The van der Waals surface area contributed by atoms with Crippen LogP contribution in [0.1, 0.15) is 33.7 Å². The highest BCUT2D eigenvalue weighted by Gasteiger charge is 2.37. The zero-order valence-corrected chi connectivity index (χ0v) is 11.5. The standard InChI is InChI=1S/C17H10F6/c18-16(19,20)12-7-11(8-13(9-12)17(21,22)23)15-6-5-10-3-1-2-4-14(10)15/h1-9,15H. The zero-order valence-electron chi connectivity index (χ0n) is 11.5. The summed E-state index contributed by atoms with van der Waals surface area (Å²) in [5.41, 5.74) is -1.11. The molecule has 0 nitrogen and oxygen atoms in total. The summed E-state index contributed by atoms with van der Waals surface area (Å²) in [5.74, 6) is -0.616. The Labute approximate surface area is 128 Å². The van der Waals surface area contributed by atoms with E-state index in [0.717, 1.165) is 17.7 Å². The number of hydrogen-bond acceptors (Lipinski definition) is 0. The molecule has 0 radical (unpaired) electrons. The fraction of sp³-hybridized carbons (Fsp3) is 0.176. The lowest BCUT2D eigenvalue weighted by molar-refractivity contribution is -0.143. The van der Waals surface area contributed by atoms with Crippen LogP contribution in [0.25, 0.3) is 6.08 Å². The average Bonchev–Trinajstić information content (AvgIpc) is 2.89. The van der Waals surface area contributed by atoms with Gasteiger partial charge in [0.25, 0.3) is 0 Å². The van der Waals surface area contributed by atoms with Crippen molar-refractivity contribution in [2.45, 2.75) is 18.3 Å². The van der Waals surface area contributed by atoms with Gasteiger partial charge in [0.05, 0.1) is 11.1 Å². The first-order valence-corrected chi connectivity index (χ1v) is 6.73. The minimum Gasteiger partial charge on any atom is -0.166 e. The van der Waals surface area contributed by atoms with E-state index in [0.29, 0.717) is 5.56 Å². The lowest BCUT2D eigenvalue weighted by Crippen LogP contribution is -2.12. The maximum Gasteiger partial charge on any atom is 0.416 e. The second-order valence-electron chi connectivity index (χ2n) is 5.30. The van der Waals surface area contributed by atoms with Crippen LogP contribution in [0.2, 0.25) is 0 Å². The molecular weight excluding hydrogens is 318 g/mol. The molecule has 0 fully saturated rings. The average molecular weight is 328 g/mol. The molecule has 23 heavy (non-hydrogen) atoms. The second-order valence-corrected chi connectivity index (χ2v) is 5.30. The van der Waals surface area contributed by atoms with Gasteiger partial charge in [0.15, 0.2) is 0 Å². The Balaban J connectivity index is 2.15. The SMILES string of the molecule is FC(F)(F)c1cc(C2C=Cc3ccccc32)cc(C(F)(F)F)c1. The molecule has 6 heteroatoms. The van der Waals surface area contributed by atoms with Crippen molar-refractivity contribution in [2.24, 2.45) is 0 Å². The number of rotatable bonds is 1. The van der Waals surface area contributed by atoms with Crippen molar-refractivity contribution in [3.05, 3.63) is 76.4 Å². The summed E-state index contributed by atoms with van der Waals surface area (Å²) in [7, 11) is 0. The smallest absolute Gasteiger partial charge is 0.166 e. The van der Waals surface area contributed by atoms with E-state index in [1.54, 1.807) is 36.4 Å². The fourth-order valence-corrected chi connectivity index (χ4v) is 2.70. The zero-order chi connectivity index (χ0) is 16.8. The van der Waals surface area contributed by atoms with Crippen molar-refractivity contribution in [1.82, 2.24) is 0 Å². The first kappa shape index (κ1) is 15.6. The molecule has 1 atom stereocenters. The molecule has 3 rings (SSSR count). The van der Waals surface area contributed by atoms with Crippen molar-refractivity contribution < 1.29 is 26.3 Å². The molecule has 120 valence electrons. The van der Waals surface area contributed by atoms with Crippen LogP contribution < -0.4 is 0 Å². The Bertz CT molecular complexity index is 735. The van der Waals surface area contributed by atoms with E-state index >= 15 is 0 Å². The van der Waals surface area contributed by atoms with E-state index in [1.165, 1.54) is 0 Å². The Hall–Kier alpha value is -2.24. The first-order valence-electron chi connectivity index (χ1n) is 6.73. The monoisotopic (exact) mass is 328 g/mol. The number of fused-ring (bicyclic) bond motifs is 1. The molecule has 1 unspecified atom stereocenters. The third-order valence-electron chi connectivity index (χ3n) is 3.77. The minimum atomic E-state index is -4.84. The van der Waals surface area contributed by atoms with Crippen molar-refractivity contribution in [3.63, 3.8) is 0 Å². The van der Waals surface area contributed by atoms with Gasteiger partial charge in [-0.2, -0.15) is 26.3 Å². The van der Waals surface area contributed by atoms with Crippen LogP contribution in [0.3, 0.4) is 0 Å². The molecule has 2 aromatic carbocycles. The number of benzene rings is 2. The Morgan fingerprint density at radius 3 is 1.87 bits per heavy atom. The topological polar surface area (TPSA) is 0 Å². The maximum atomic E-state index is 12.9. The van der Waals surface area contributed by atoms with Gasteiger partial charge in [-0.3, -0.25) is 0 Å². The third-order valence-corrected chi connectivity index (χ3v) is 3.77. The molecule has 1 aliphatic carbocycles. The maximum absolute atomic E-state index is 12.9. The van der Waals surface area contributed by atoms with E-state index in [4.69, 9.17) is 0 Å². The van der Waals surface area contributed by atoms with Gasteiger partial charge < -0.3 is 0 Å². The molecule has 0 N–H and O–H groups in total. The van der Waals surface area contributed by atoms with Crippen LogP contribution in [0.4, 0.5) is 26.3 Å². The van der Waals surface area contributed by atoms with Crippen molar-refractivity contribution in [2.75, 3.05) is 0 Å². The summed E-state index contributed by atoms with van der Waals surface area (Å²) in [6.45, 7) is 0. The molecule has 0 bridgehead atoms. The highest BCUT2D eigenvalue weighted by molar-refractivity contribution is 5.65. The van der Waals surface area contributed by atoms with Crippen LogP contribution in [0.15, 0.2) is 48.5 Å². The van der Waals surface area contributed by atoms with Gasteiger partial charge in [-0.15, -0.1) is 0 Å². The van der Waals surface area contributed by atoms with Crippen LogP contribution in [-0.2, 0) is 12.4 Å². The lowest BCUT2D eigenvalue weighted by Gasteiger charge is -2.17. The van der Waals surface area contributed by atoms with Gasteiger partial charge in [0, 0.05) is 5.92 Å². The van der Waals surface area contributed by atoms with Crippen LogP contribution in [-0.4, -0.2) is 0 Å². The van der Waals surface area contributed by atoms with Gasteiger partial charge in [-0.05, 0) is 34.9 Å². The molecule has 0 aliphatic heterocycles. The summed E-state index contributed by atoms with van der Waals surface area (Å²) in [5, 5.41) is 0. The fourth-order valence-electron chi connectivity index (χ4n) is 2.70. The molecule has 0 amide bonds. The van der Waals surface area contributed by atoms with Crippen molar-refractivity contribution in [1.29, 1.82) is 0 Å². The van der Waals surface area contributed by atoms with E-state index in [9.17, 15) is 26.3 Å². The van der Waals surface area contributed by atoms with E-state index in [-0.39, 0.29) is 11.6 Å². The predicted molar refractivity (Wildman–Crippen MR) is 73.8 cm³/mol. The third kappa shape index (κ3) is 2.98. The van der Waals surface area contributed by atoms with Crippen molar-refractivity contribution >= 4 is 6.08 Å². The van der Waals surface area contributed by atoms with Gasteiger partial charge in [0.1, 0.15) is 0 Å². The highest BCUT2D eigenvalue weighted by atomic mass is 19.4. The molecule has 2 aromatic rings. The molecule has 0 spiro atoms. The molecular formula is C17H10F6. The van der Waals surface area contributed by atoms with E-state index in [2.05, 4.69) is 0 Å². The van der Waals surface area contributed by atoms with E-state index < -0.39 is 29.4 Å². The molecule has 1 aliphatic rings. The minimum absolute atomic E-state index is 0.0200. The van der Waals surface area contributed by atoms with Crippen LogP contribution in [0.5, 0.6) is 0 Å². The Kier molecular flexibility index (Phi) is 3.50. The summed E-state index contributed by atoms with van der Waals surface area (Å²) in [6.07, 6.45) is -6.36.